The Labute approximate surface area is 110 Å². The summed E-state index contributed by atoms with van der Waals surface area (Å²) in [5.41, 5.74) is 0. The molecule has 0 amide bonds. The number of carbonyl (C=O) groups excluding carboxylic acids is 1. The summed E-state index contributed by atoms with van der Waals surface area (Å²) in [6.45, 7) is 4.61. The van der Waals surface area contributed by atoms with Crippen LogP contribution in [0.5, 0.6) is 0 Å². The molecule has 4 heteroatoms. The zero-order chi connectivity index (χ0) is 12.8. The van der Waals surface area contributed by atoms with E-state index in [1.165, 1.54) is 32.8 Å². The quantitative estimate of drug-likeness (QED) is 0.717. The van der Waals surface area contributed by atoms with Gasteiger partial charge in [0, 0.05) is 13.2 Å². The van der Waals surface area contributed by atoms with Crippen LogP contribution in [-0.4, -0.2) is 50.8 Å². The van der Waals surface area contributed by atoms with E-state index < -0.39 is 0 Å². The number of hydrogen-bond donors (Lipinski definition) is 0. The van der Waals surface area contributed by atoms with Crippen LogP contribution in [0.2, 0.25) is 0 Å². The van der Waals surface area contributed by atoms with E-state index in [-0.39, 0.29) is 11.9 Å². The van der Waals surface area contributed by atoms with Gasteiger partial charge in [0.15, 0.2) is 0 Å². The molecule has 18 heavy (non-hydrogen) atoms. The lowest BCUT2D eigenvalue weighted by molar-refractivity contribution is -0.148. The summed E-state index contributed by atoms with van der Waals surface area (Å²) >= 11 is 0. The van der Waals surface area contributed by atoms with Crippen LogP contribution in [-0.2, 0) is 14.3 Å². The molecule has 0 bridgehead atoms. The second-order valence-electron chi connectivity index (χ2n) is 5.47. The van der Waals surface area contributed by atoms with Crippen molar-refractivity contribution in [1.82, 2.24) is 4.90 Å². The van der Waals surface area contributed by atoms with Crippen molar-refractivity contribution in [2.45, 2.75) is 32.1 Å². The molecule has 4 nitrogen and oxygen atoms in total. The fourth-order valence-corrected chi connectivity index (χ4v) is 3.03. The van der Waals surface area contributed by atoms with E-state index in [9.17, 15) is 4.79 Å². The van der Waals surface area contributed by atoms with Gasteiger partial charge in [0.05, 0.1) is 19.6 Å². The number of rotatable bonds is 4. The van der Waals surface area contributed by atoms with E-state index in [2.05, 4.69) is 4.90 Å². The van der Waals surface area contributed by atoms with Gasteiger partial charge in [-0.25, -0.2) is 0 Å². The molecule has 2 saturated heterocycles. The molecular weight excluding hydrogens is 230 g/mol. The van der Waals surface area contributed by atoms with Gasteiger partial charge in [-0.05, 0) is 38.3 Å². The molecule has 0 aliphatic carbocycles. The lowest BCUT2D eigenvalue weighted by Gasteiger charge is -2.27. The van der Waals surface area contributed by atoms with Gasteiger partial charge in [-0.1, -0.05) is 12.8 Å². The van der Waals surface area contributed by atoms with Crippen molar-refractivity contribution in [3.63, 3.8) is 0 Å². The normalized spacial score (nSPS) is 27.7. The van der Waals surface area contributed by atoms with Crippen molar-refractivity contribution in [2.75, 3.05) is 40.0 Å². The highest BCUT2D eigenvalue weighted by Gasteiger charge is 2.33. The highest BCUT2D eigenvalue weighted by molar-refractivity contribution is 5.73. The number of esters is 1. The summed E-state index contributed by atoms with van der Waals surface area (Å²) in [4.78, 5) is 14.4. The second-order valence-corrected chi connectivity index (χ2v) is 5.47. The molecule has 2 heterocycles. The van der Waals surface area contributed by atoms with E-state index in [4.69, 9.17) is 9.47 Å². The number of likely N-dealkylation sites (tertiary alicyclic amines) is 1. The van der Waals surface area contributed by atoms with Gasteiger partial charge in [-0.3, -0.25) is 4.79 Å². The first kappa shape index (κ1) is 13.8. The largest absolute Gasteiger partial charge is 0.469 e. The van der Waals surface area contributed by atoms with Crippen molar-refractivity contribution >= 4 is 5.97 Å². The molecule has 0 aromatic carbocycles. The lowest BCUT2D eigenvalue weighted by Crippen LogP contribution is -2.38. The van der Waals surface area contributed by atoms with E-state index in [0.29, 0.717) is 12.5 Å². The van der Waals surface area contributed by atoms with Crippen LogP contribution in [0, 0.1) is 11.8 Å². The molecule has 2 rings (SSSR count). The van der Waals surface area contributed by atoms with Gasteiger partial charge < -0.3 is 14.4 Å². The number of hydrogen-bond acceptors (Lipinski definition) is 4. The van der Waals surface area contributed by atoms with Crippen LogP contribution in [0.3, 0.4) is 0 Å². The molecule has 2 aliphatic rings. The molecule has 104 valence electrons. The van der Waals surface area contributed by atoms with Crippen LogP contribution < -0.4 is 0 Å². The minimum Gasteiger partial charge on any atom is -0.469 e. The zero-order valence-electron chi connectivity index (χ0n) is 11.4. The third-order valence-electron chi connectivity index (χ3n) is 4.19. The molecule has 0 saturated carbocycles. The van der Waals surface area contributed by atoms with E-state index in [1.54, 1.807) is 0 Å². The van der Waals surface area contributed by atoms with E-state index in [0.717, 1.165) is 32.7 Å². The molecule has 2 unspecified atom stereocenters. The maximum absolute atomic E-state index is 12.0. The van der Waals surface area contributed by atoms with Gasteiger partial charge in [-0.2, -0.15) is 0 Å². The van der Waals surface area contributed by atoms with Crippen molar-refractivity contribution in [3.8, 4) is 0 Å². The maximum Gasteiger partial charge on any atom is 0.310 e. The fraction of sp³-hybridized carbons (Fsp3) is 0.929. The Morgan fingerprint density at radius 3 is 2.61 bits per heavy atom. The Morgan fingerprint density at radius 2 is 2.06 bits per heavy atom. The third kappa shape index (κ3) is 3.69. The summed E-state index contributed by atoms with van der Waals surface area (Å²) in [6, 6.07) is 0. The minimum absolute atomic E-state index is 0.00407. The topological polar surface area (TPSA) is 38.8 Å². The summed E-state index contributed by atoms with van der Waals surface area (Å²) in [5, 5.41) is 0. The highest BCUT2D eigenvalue weighted by atomic mass is 16.5. The van der Waals surface area contributed by atoms with Gasteiger partial charge >= 0.3 is 5.97 Å². The maximum atomic E-state index is 12.0. The Morgan fingerprint density at radius 1 is 1.33 bits per heavy atom. The third-order valence-corrected chi connectivity index (χ3v) is 4.19. The Kier molecular flexibility index (Phi) is 5.45. The molecular formula is C14H25NO3. The van der Waals surface area contributed by atoms with Crippen molar-refractivity contribution in [2.24, 2.45) is 11.8 Å². The number of ether oxygens (including phenoxy) is 2. The van der Waals surface area contributed by atoms with Crippen LogP contribution in [0.15, 0.2) is 0 Å². The molecule has 2 aliphatic heterocycles. The van der Waals surface area contributed by atoms with E-state index >= 15 is 0 Å². The number of carbonyl (C=O) groups is 1. The zero-order valence-corrected chi connectivity index (χ0v) is 11.4. The average Bonchev–Trinajstić information content (AvgIpc) is 2.79. The number of nitrogens with zero attached hydrogens (tertiary/aromatic N) is 1. The SMILES string of the molecule is COC(=O)C(CN1CCCCCC1)C1CCOC1. The summed E-state index contributed by atoms with van der Waals surface area (Å²) in [7, 11) is 1.49. The van der Waals surface area contributed by atoms with Crippen LogP contribution in [0.25, 0.3) is 0 Å². The summed E-state index contributed by atoms with van der Waals surface area (Å²) < 4.78 is 10.4. The Bertz CT molecular complexity index is 256. The van der Waals surface area contributed by atoms with Crippen LogP contribution >= 0.6 is 0 Å². The molecule has 0 spiro atoms. The molecule has 0 N–H and O–H groups in total. The van der Waals surface area contributed by atoms with Gasteiger partial charge in [0.25, 0.3) is 0 Å². The lowest BCUT2D eigenvalue weighted by atomic mass is 9.91. The molecule has 0 radical (unpaired) electrons. The van der Waals surface area contributed by atoms with Crippen molar-refractivity contribution in [1.29, 1.82) is 0 Å². The van der Waals surface area contributed by atoms with Crippen molar-refractivity contribution in [3.05, 3.63) is 0 Å². The first-order valence-electron chi connectivity index (χ1n) is 7.19. The predicted molar refractivity (Wildman–Crippen MR) is 69.3 cm³/mol. The molecule has 2 fully saturated rings. The highest BCUT2D eigenvalue weighted by Crippen LogP contribution is 2.25. The summed E-state index contributed by atoms with van der Waals surface area (Å²) in [5.74, 6) is 0.283. The molecule has 0 aromatic heterocycles. The van der Waals surface area contributed by atoms with Gasteiger partial charge in [0.1, 0.15) is 0 Å². The smallest absolute Gasteiger partial charge is 0.310 e. The Balaban J connectivity index is 1.92. The van der Waals surface area contributed by atoms with Gasteiger partial charge in [0.2, 0.25) is 0 Å². The predicted octanol–water partition coefficient (Wildman–Crippen LogP) is 1.69. The standard InChI is InChI=1S/C14H25NO3/c1-17-14(16)13(12-6-9-18-11-12)10-15-7-4-2-3-5-8-15/h12-13H,2-11H2,1H3. The second kappa shape index (κ2) is 7.10. The molecule has 2 atom stereocenters. The first-order valence-corrected chi connectivity index (χ1v) is 7.19. The Hall–Kier alpha value is -0.610. The van der Waals surface area contributed by atoms with Crippen molar-refractivity contribution < 1.29 is 14.3 Å². The van der Waals surface area contributed by atoms with Crippen LogP contribution in [0.1, 0.15) is 32.1 Å². The van der Waals surface area contributed by atoms with E-state index in [1.807, 2.05) is 0 Å². The number of methoxy groups -OCH3 is 1. The average molecular weight is 255 g/mol. The summed E-state index contributed by atoms with van der Waals surface area (Å²) in [6.07, 6.45) is 6.16. The molecule has 0 aromatic rings. The van der Waals surface area contributed by atoms with Gasteiger partial charge in [-0.15, -0.1) is 0 Å². The monoisotopic (exact) mass is 255 g/mol. The fourth-order valence-electron chi connectivity index (χ4n) is 3.03. The van der Waals surface area contributed by atoms with Crippen LogP contribution in [0.4, 0.5) is 0 Å². The first-order chi connectivity index (χ1) is 8.81. The minimum atomic E-state index is -0.0604.